The highest BCUT2D eigenvalue weighted by molar-refractivity contribution is 6.18. The van der Waals surface area contributed by atoms with E-state index in [2.05, 4.69) is 13.8 Å². The molecule has 1 heterocycles. The summed E-state index contributed by atoms with van der Waals surface area (Å²) in [6, 6.07) is 0. The van der Waals surface area contributed by atoms with Crippen molar-refractivity contribution >= 4 is 17.5 Å². The third-order valence-electron chi connectivity index (χ3n) is 3.60. The molecule has 1 aliphatic heterocycles. The lowest BCUT2D eigenvalue weighted by Crippen LogP contribution is -2.31. The molecule has 0 aromatic heterocycles. The van der Waals surface area contributed by atoms with Crippen LogP contribution in [0, 0.1) is 5.41 Å². The topological polar surface area (TPSA) is 20.3 Å². The number of carbonyl (C=O) groups is 1. The standard InChI is InChI=1S/C11H20ClNO/c1-3-11(4-2)6-8-13(9-11)10(14)5-7-12/h3-9H2,1-2H3. The van der Waals surface area contributed by atoms with Crippen molar-refractivity contribution in [2.45, 2.75) is 39.5 Å². The highest BCUT2D eigenvalue weighted by Gasteiger charge is 2.36. The minimum Gasteiger partial charge on any atom is -0.342 e. The van der Waals surface area contributed by atoms with E-state index in [1.807, 2.05) is 4.90 Å². The average Bonchev–Trinajstić information content (AvgIpc) is 2.63. The number of halogens is 1. The summed E-state index contributed by atoms with van der Waals surface area (Å²) in [6.45, 7) is 6.31. The molecule has 0 aliphatic carbocycles. The number of alkyl halides is 1. The van der Waals surface area contributed by atoms with Gasteiger partial charge in [0.1, 0.15) is 0 Å². The van der Waals surface area contributed by atoms with E-state index in [0.29, 0.717) is 17.7 Å². The fraction of sp³-hybridized carbons (Fsp3) is 0.909. The Kier molecular flexibility index (Phi) is 4.24. The van der Waals surface area contributed by atoms with Crippen molar-refractivity contribution in [3.05, 3.63) is 0 Å². The molecule has 1 fully saturated rings. The van der Waals surface area contributed by atoms with Gasteiger partial charge in [0.05, 0.1) is 0 Å². The Morgan fingerprint density at radius 1 is 1.43 bits per heavy atom. The van der Waals surface area contributed by atoms with Crippen molar-refractivity contribution in [1.82, 2.24) is 4.90 Å². The number of hydrogen-bond acceptors (Lipinski definition) is 1. The first kappa shape index (κ1) is 11.8. The number of hydrogen-bond donors (Lipinski definition) is 0. The van der Waals surface area contributed by atoms with E-state index in [9.17, 15) is 4.79 Å². The Balaban J connectivity index is 2.51. The van der Waals surface area contributed by atoms with Crippen LogP contribution in [0.15, 0.2) is 0 Å². The van der Waals surface area contributed by atoms with E-state index in [4.69, 9.17) is 11.6 Å². The summed E-state index contributed by atoms with van der Waals surface area (Å²) in [4.78, 5) is 13.6. The summed E-state index contributed by atoms with van der Waals surface area (Å²) in [6.07, 6.45) is 4.00. The Morgan fingerprint density at radius 3 is 2.50 bits per heavy atom. The van der Waals surface area contributed by atoms with Gasteiger partial charge >= 0.3 is 0 Å². The Labute approximate surface area is 91.6 Å². The van der Waals surface area contributed by atoms with Gasteiger partial charge in [-0.1, -0.05) is 13.8 Å². The van der Waals surface area contributed by atoms with Gasteiger partial charge in [-0.15, -0.1) is 11.6 Å². The molecular formula is C11H20ClNO. The maximum absolute atomic E-state index is 11.6. The van der Waals surface area contributed by atoms with Crippen LogP contribution in [0.25, 0.3) is 0 Å². The smallest absolute Gasteiger partial charge is 0.223 e. The summed E-state index contributed by atoms with van der Waals surface area (Å²) in [5.41, 5.74) is 0.391. The molecule has 1 saturated heterocycles. The van der Waals surface area contributed by atoms with Crippen molar-refractivity contribution in [2.75, 3.05) is 19.0 Å². The molecule has 2 nitrogen and oxygen atoms in total. The zero-order valence-corrected chi connectivity index (χ0v) is 9.94. The van der Waals surface area contributed by atoms with Crippen molar-refractivity contribution in [1.29, 1.82) is 0 Å². The van der Waals surface area contributed by atoms with E-state index in [1.54, 1.807) is 0 Å². The number of carbonyl (C=O) groups excluding carboxylic acids is 1. The molecule has 1 amide bonds. The maximum atomic E-state index is 11.6. The van der Waals surface area contributed by atoms with Gasteiger partial charge in [-0.05, 0) is 24.7 Å². The second kappa shape index (κ2) is 5.01. The van der Waals surface area contributed by atoms with Gasteiger partial charge < -0.3 is 4.90 Å². The van der Waals surface area contributed by atoms with E-state index in [0.717, 1.165) is 19.5 Å². The number of nitrogens with zero attached hydrogens (tertiary/aromatic N) is 1. The molecule has 0 aromatic rings. The first-order valence-electron chi connectivity index (χ1n) is 5.51. The molecule has 1 rings (SSSR count). The molecule has 0 aromatic carbocycles. The van der Waals surface area contributed by atoms with Gasteiger partial charge in [0.2, 0.25) is 5.91 Å². The lowest BCUT2D eigenvalue weighted by Gasteiger charge is -2.26. The minimum atomic E-state index is 0.226. The summed E-state index contributed by atoms with van der Waals surface area (Å²) < 4.78 is 0. The molecule has 0 saturated carbocycles. The predicted octanol–water partition coefficient (Wildman–Crippen LogP) is 2.65. The van der Waals surface area contributed by atoms with Gasteiger partial charge in [0.15, 0.2) is 0 Å². The van der Waals surface area contributed by atoms with Gasteiger partial charge in [0, 0.05) is 25.4 Å². The third kappa shape index (κ3) is 2.41. The Hall–Kier alpha value is -0.240. The molecule has 0 atom stereocenters. The molecule has 0 bridgehead atoms. The van der Waals surface area contributed by atoms with Crippen LogP contribution in [0.5, 0.6) is 0 Å². The molecule has 82 valence electrons. The molecule has 14 heavy (non-hydrogen) atoms. The maximum Gasteiger partial charge on any atom is 0.223 e. The molecular weight excluding hydrogens is 198 g/mol. The monoisotopic (exact) mass is 217 g/mol. The number of rotatable bonds is 4. The van der Waals surface area contributed by atoms with Crippen LogP contribution in [-0.4, -0.2) is 29.8 Å². The highest BCUT2D eigenvalue weighted by Crippen LogP contribution is 2.37. The third-order valence-corrected chi connectivity index (χ3v) is 3.79. The van der Waals surface area contributed by atoms with E-state index in [1.165, 1.54) is 12.8 Å². The summed E-state index contributed by atoms with van der Waals surface area (Å²) in [7, 11) is 0. The molecule has 0 spiro atoms. The normalized spacial score (nSPS) is 20.1. The summed E-state index contributed by atoms with van der Waals surface area (Å²) in [5, 5.41) is 0. The average molecular weight is 218 g/mol. The first-order valence-corrected chi connectivity index (χ1v) is 6.04. The second-order valence-electron chi connectivity index (χ2n) is 4.21. The van der Waals surface area contributed by atoms with Gasteiger partial charge in [-0.2, -0.15) is 0 Å². The quantitative estimate of drug-likeness (QED) is 0.663. The lowest BCUT2D eigenvalue weighted by molar-refractivity contribution is -0.130. The van der Waals surface area contributed by atoms with E-state index >= 15 is 0 Å². The Morgan fingerprint density at radius 2 is 2.07 bits per heavy atom. The van der Waals surface area contributed by atoms with Crippen molar-refractivity contribution < 1.29 is 4.79 Å². The van der Waals surface area contributed by atoms with Crippen LogP contribution in [0.3, 0.4) is 0 Å². The fourth-order valence-corrected chi connectivity index (χ4v) is 2.38. The van der Waals surface area contributed by atoms with Crippen molar-refractivity contribution in [3.63, 3.8) is 0 Å². The highest BCUT2D eigenvalue weighted by atomic mass is 35.5. The van der Waals surface area contributed by atoms with Gasteiger partial charge in [-0.3, -0.25) is 4.79 Å². The van der Waals surface area contributed by atoms with Gasteiger partial charge in [0.25, 0.3) is 0 Å². The Bertz CT molecular complexity index is 201. The van der Waals surface area contributed by atoms with E-state index < -0.39 is 0 Å². The van der Waals surface area contributed by atoms with Crippen LogP contribution < -0.4 is 0 Å². The van der Waals surface area contributed by atoms with Crippen LogP contribution in [0.4, 0.5) is 0 Å². The lowest BCUT2D eigenvalue weighted by atomic mass is 9.82. The van der Waals surface area contributed by atoms with Crippen LogP contribution in [0.1, 0.15) is 39.5 Å². The van der Waals surface area contributed by atoms with E-state index in [-0.39, 0.29) is 5.91 Å². The van der Waals surface area contributed by atoms with Crippen molar-refractivity contribution in [2.24, 2.45) is 5.41 Å². The molecule has 0 unspecified atom stereocenters. The van der Waals surface area contributed by atoms with Crippen LogP contribution in [-0.2, 0) is 4.79 Å². The zero-order valence-electron chi connectivity index (χ0n) is 9.18. The number of amides is 1. The van der Waals surface area contributed by atoms with Crippen LogP contribution >= 0.6 is 11.6 Å². The minimum absolute atomic E-state index is 0.226. The van der Waals surface area contributed by atoms with Gasteiger partial charge in [-0.25, -0.2) is 0 Å². The molecule has 0 radical (unpaired) electrons. The van der Waals surface area contributed by atoms with Crippen molar-refractivity contribution in [3.8, 4) is 0 Å². The predicted molar refractivity (Wildman–Crippen MR) is 59.5 cm³/mol. The molecule has 0 N–H and O–H groups in total. The zero-order chi connectivity index (χ0) is 10.6. The fourth-order valence-electron chi connectivity index (χ4n) is 2.21. The first-order chi connectivity index (χ1) is 6.67. The second-order valence-corrected chi connectivity index (χ2v) is 4.59. The largest absolute Gasteiger partial charge is 0.342 e. The number of likely N-dealkylation sites (tertiary alicyclic amines) is 1. The molecule has 1 aliphatic rings. The molecule has 3 heteroatoms. The summed E-state index contributed by atoms with van der Waals surface area (Å²) >= 11 is 5.57. The summed E-state index contributed by atoms with van der Waals surface area (Å²) in [5.74, 6) is 0.671. The van der Waals surface area contributed by atoms with Crippen LogP contribution in [0.2, 0.25) is 0 Å². The SMILES string of the molecule is CCC1(CC)CCN(C(=O)CCCl)C1.